The van der Waals surface area contributed by atoms with E-state index in [1.165, 1.54) is 7.11 Å². The maximum Gasteiger partial charge on any atom is 0.172 e. The van der Waals surface area contributed by atoms with E-state index < -0.39 is 6.10 Å². The fourth-order valence-corrected chi connectivity index (χ4v) is 1.71. The van der Waals surface area contributed by atoms with Gasteiger partial charge in [-0.15, -0.1) is 0 Å². The summed E-state index contributed by atoms with van der Waals surface area (Å²) in [6.45, 7) is 0.445. The molecule has 0 aliphatic rings. The number of benzene rings is 1. The van der Waals surface area contributed by atoms with Crippen molar-refractivity contribution >= 4 is 15.9 Å². The zero-order chi connectivity index (χ0) is 11.4. The molecule has 1 atom stereocenters. The van der Waals surface area contributed by atoms with Crippen LogP contribution in [0.25, 0.3) is 0 Å². The van der Waals surface area contributed by atoms with Crippen molar-refractivity contribution < 1.29 is 14.9 Å². The molecule has 0 radical (unpaired) electrons. The van der Waals surface area contributed by atoms with Crippen molar-refractivity contribution in [1.29, 1.82) is 0 Å². The number of phenols is 1. The first kappa shape index (κ1) is 12.3. The number of hydrogen-bond acceptors (Lipinski definition) is 4. The topological polar surface area (TPSA) is 61.7 Å². The summed E-state index contributed by atoms with van der Waals surface area (Å²) in [4.78, 5) is 0. The Labute approximate surface area is 97.0 Å². The normalized spacial score (nSPS) is 12.5. The van der Waals surface area contributed by atoms with Gasteiger partial charge in [0.05, 0.1) is 17.7 Å². The van der Waals surface area contributed by atoms with E-state index >= 15 is 0 Å². The number of rotatable bonds is 4. The lowest BCUT2D eigenvalue weighted by Gasteiger charge is -2.13. The summed E-state index contributed by atoms with van der Waals surface area (Å²) in [6.07, 6.45) is -0.624. The first-order valence-electron chi connectivity index (χ1n) is 4.49. The van der Waals surface area contributed by atoms with Gasteiger partial charge in [0.1, 0.15) is 0 Å². The van der Waals surface area contributed by atoms with Crippen LogP contribution in [0.2, 0.25) is 0 Å². The fraction of sp³-hybridized carbons (Fsp3) is 0.400. The number of likely N-dealkylation sites (N-methyl/N-ethyl adjacent to an activating group) is 1. The standard InChI is InChI=1S/C10H14BrNO3/c1-12-5-8(13)6-3-7(11)10(14)9(4-6)15-2/h3-4,8,12-14H,5H2,1-2H3. The number of aliphatic hydroxyl groups is 1. The van der Waals surface area contributed by atoms with Gasteiger partial charge in [-0.05, 0) is 40.7 Å². The Morgan fingerprint density at radius 1 is 1.53 bits per heavy atom. The maximum atomic E-state index is 9.74. The van der Waals surface area contributed by atoms with Gasteiger partial charge in [-0.25, -0.2) is 0 Å². The summed E-state index contributed by atoms with van der Waals surface area (Å²) in [5.74, 6) is 0.382. The van der Waals surface area contributed by atoms with Crippen molar-refractivity contribution in [2.45, 2.75) is 6.10 Å². The molecule has 0 amide bonds. The van der Waals surface area contributed by atoms with E-state index in [0.29, 0.717) is 22.3 Å². The molecule has 0 heterocycles. The molecule has 3 N–H and O–H groups in total. The van der Waals surface area contributed by atoms with Crippen molar-refractivity contribution in [3.05, 3.63) is 22.2 Å². The minimum atomic E-state index is -0.624. The molecule has 84 valence electrons. The van der Waals surface area contributed by atoms with Crippen molar-refractivity contribution in [3.63, 3.8) is 0 Å². The molecule has 0 aromatic heterocycles. The van der Waals surface area contributed by atoms with Gasteiger partial charge in [0.25, 0.3) is 0 Å². The molecule has 4 nitrogen and oxygen atoms in total. The molecule has 1 aromatic rings. The highest BCUT2D eigenvalue weighted by molar-refractivity contribution is 9.10. The van der Waals surface area contributed by atoms with E-state index in [4.69, 9.17) is 4.74 Å². The molecule has 0 bridgehead atoms. The Hall–Kier alpha value is -0.780. The van der Waals surface area contributed by atoms with E-state index in [2.05, 4.69) is 21.2 Å². The lowest BCUT2D eigenvalue weighted by Crippen LogP contribution is -2.16. The van der Waals surface area contributed by atoms with Crippen LogP contribution >= 0.6 is 15.9 Å². The molecule has 0 aliphatic heterocycles. The molecule has 0 aliphatic carbocycles. The number of hydrogen-bond donors (Lipinski definition) is 3. The molecular weight excluding hydrogens is 262 g/mol. The van der Waals surface area contributed by atoms with Crippen molar-refractivity contribution in [2.75, 3.05) is 20.7 Å². The smallest absolute Gasteiger partial charge is 0.172 e. The highest BCUT2D eigenvalue weighted by Gasteiger charge is 2.13. The lowest BCUT2D eigenvalue weighted by atomic mass is 10.1. The first-order valence-corrected chi connectivity index (χ1v) is 5.28. The van der Waals surface area contributed by atoms with Crippen molar-refractivity contribution in [1.82, 2.24) is 5.32 Å². The Bertz CT molecular complexity index is 344. The number of halogens is 1. The Kier molecular flexibility index (Phi) is 4.38. The van der Waals surface area contributed by atoms with Crippen LogP contribution in [0, 0.1) is 0 Å². The second-order valence-corrected chi connectivity index (χ2v) is 3.98. The second kappa shape index (κ2) is 5.34. The third kappa shape index (κ3) is 2.84. The van der Waals surface area contributed by atoms with Gasteiger partial charge in [0.15, 0.2) is 11.5 Å². The van der Waals surface area contributed by atoms with Crippen LogP contribution in [0.1, 0.15) is 11.7 Å². The van der Waals surface area contributed by atoms with Crippen molar-refractivity contribution in [2.24, 2.45) is 0 Å². The van der Waals surface area contributed by atoms with E-state index in [9.17, 15) is 10.2 Å². The number of methoxy groups -OCH3 is 1. The average molecular weight is 276 g/mol. The molecule has 1 rings (SSSR count). The minimum Gasteiger partial charge on any atom is -0.503 e. The molecule has 15 heavy (non-hydrogen) atoms. The molecule has 0 spiro atoms. The van der Waals surface area contributed by atoms with Crippen LogP contribution in [0.4, 0.5) is 0 Å². The Morgan fingerprint density at radius 3 is 2.73 bits per heavy atom. The van der Waals surface area contributed by atoms with E-state index in [0.717, 1.165) is 0 Å². The Balaban J connectivity index is 3.05. The minimum absolute atomic E-state index is 0.0397. The second-order valence-electron chi connectivity index (χ2n) is 3.13. The molecular formula is C10H14BrNO3. The molecule has 0 saturated heterocycles. The van der Waals surface area contributed by atoms with Gasteiger partial charge in [0, 0.05) is 6.54 Å². The summed E-state index contributed by atoms with van der Waals surface area (Å²) >= 11 is 3.20. The molecule has 1 aromatic carbocycles. The van der Waals surface area contributed by atoms with Crippen LogP contribution in [-0.2, 0) is 0 Å². The van der Waals surface area contributed by atoms with Crippen LogP contribution < -0.4 is 10.1 Å². The van der Waals surface area contributed by atoms with Crippen LogP contribution in [-0.4, -0.2) is 30.9 Å². The van der Waals surface area contributed by atoms with E-state index in [-0.39, 0.29) is 5.75 Å². The molecule has 1 unspecified atom stereocenters. The lowest BCUT2D eigenvalue weighted by molar-refractivity contribution is 0.177. The number of aromatic hydroxyl groups is 1. The number of phenolic OH excluding ortho intramolecular Hbond substituents is 1. The van der Waals surface area contributed by atoms with Gasteiger partial charge in [-0.1, -0.05) is 0 Å². The zero-order valence-corrected chi connectivity index (χ0v) is 10.2. The summed E-state index contributed by atoms with van der Waals surface area (Å²) in [5, 5.41) is 22.2. The first-order chi connectivity index (χ1) is 7.10. The van der Waals surface area contributed by atoms with Gasteiger partial charge < -0.3 is 20.3 Å². The quantitative estimate of drug-likeness (QED) is 0.778. The summed E-state index contributed by atoms with van der Waals surface area (Å²) in [5.41, 5.74) is 0.686. The van der Waals surface area contributed by atoms with Crippen molar-refractivity contribution in [3.8, 4) is 11.5 Å². The highest BCUT2D eigenvalue weighted by Crippen LogP contribution is 2.36. The maximum absolute atomic E-state index is 9.74. The van der Waals surface area contributed by atoms with Gasteiger partial charge in [-0.2, -0.15) is 0 Å². The predicted molar refractivity (Wildman–Crippen MR) is 61.2 cm³/mol. The van der Waals surface area contributed by atoms with Crippen LogP contribution in [0.15, 0.2) is 16.6 Å². The van der Waals surface area contributed by atoms with E-state index in [1.807, 2.05) is 0 Å². The molecule has 0 fully saturated rings. The van der Waals surface area contributed by atoms with Gasteiger partial charge in [-0.3, -0.25) is 0 Å². The SMILES string of the molecule is CNCC(O)c1cc(Br)c(O)c(OC)c1. The molecule has 0 saturated carbocycles. The summed E-state index contributed by atoms with van der Waals surface area (Å²) in [6, 6.07) is 3.28. The number of nitrogens with one attached hydrogen (secondary N) is 1. The number of aliphatic hydroxyl groups excluding tert-OH is 1. The zero-order valence-electron chi connectivity index (χ0n) is 8.62. The summed E-state index contributed by atoms with van der Waals surface area (Å²) in [7, 11) is 3.23. The number of ether oxygens (including phenoxy) is 1. The Morgan fingerprint density at radius 2 is 2.20 bits per heavy atom. The van der Waals surface area contributed by atoms with Crippen LogP contribution in [0.3, 0.4) is 0 Å². The third-order valence-electron chi connectivity index (χ3n) is 2.05. The fourth-order valence-electron chi connectivity index (χ4n) is 1.25. The van der Waals surface area contributed by atoms with Gasteiger partial charge in [0.2, 0.25) is 0 Å². The summed E-state index contributed by atoms with van der Waals surface area (Å²) < 4.78 is 5.49. The monoisotopic (exact) mass is 275 g/mol. The molecule has 5 heteroatoms. The van der Waals surface area contributed by atoms with E-state index in [1.54, 1.807) is 19.2 Å². The third-order valence-corrected chi connectivity index (χ3v) is 2.66. The highest BCUT2D eigenvalue weighted by atomic mass is 79.9. The van der Waals surface area contributed by atoms with Gasteiger partial charge >= 0.3 is 0 Å². The van der Waals surface area contributed by atoms with Crippen LogP contribution in [0.5, 0.6) is 11.5 Å². The largest absolute Gasteiger partial charge is 0.503 e. The predicted octanol–water partition coefficient (Wildman–Crippen LogP) is 1.42. The average Bonchev–Trinajstić information content (AvgIpc) is 2.22.